The molecule has 0 aliphatic rings. The smallest absolute Gasteiger partial charge is 0.233 e. The van der Waals surface area contributed by atoms with Crippen LogP contribution in [0.5, 0.6) is 0 Å². The van der Waals surface area contributed by atoms with Gasteiger partial charge in [0.05, 0.1) is 0 Å². The second kappa shape index (κ2) is 5.99. The number of benzene rings is 1. The van der Waals surface area contributed by atoms with Crippen molar-refractivity contribution in [1.29, 1.82) is 0 Å². The summed E-state index contributed by atoms with van der Waals surface area (Å²) in [6.45, 7) is 5.75. The predicted molar refractivity (Wildman–Crippen MR) is 77.5 cm³/mol. The number of hydrogen-bond acceptors (Lipinski definition) is 6. The van der Waals surface area contributed by atoms with E-state index in [1.165, 1.54) is 0 Å². The Balaban J connectivity index is 2.26. The van der Waals surface area contributed by atoms with Gasteiger partial charge in [-0.3, -0.25) is 0 Å². The summed E-state index contributed by atoms with van der Waals surface area (Å²) in [5.41, 5.74) is 6.65. The normalized spacial score (nSPS) is 10.2. The van der Waals surface area contributed by atoms with E-state index in [2.05, 4.69) is 20.3 Å². The molecule has 0 spiro atoms. The van der Waals surface area contributed by atoms with Gasteiger partial charge in [0.15, 0.2) is 0 Å². The summed E-state index contributed by atoms with van der Waals surface area (Å²) >= 11 is 0. The Kier molecular flexibility index (Phi) is 4.12. The molecule has 19 heavy (non-hydrogen) atoms. The highest BCUT2D eigenvalue weighted by molar-refractivity contribution is 5.55. The van der Waals surface area contributed by atoms with Gasteiger partial charge in [-0.2, -0.15) is 15.0 Å². The summed E-state index contributed by atoms with van der Waals surface area (Å²) in [5.74, 6) is 1.27. The van der Waals surface area contributed by atoms with Gasteiger partial charge >= 0.3 is 0 Å². The molecule has 3 N–H and O–H groups in total. The first kappa shape index (κ1) is 13.1. The number of nitrogens with two attached hydrogens (primary N) is 1. The van der Waals surface area contributed by atoms with E-state index in [0.717, 1.165) is 18.8 Å². The van der Waals surface area contributed by atoms with E-state index in [-0.39, 0.29) is 5.95 Å². The molecule has 0 aliphatic carbocycles. The predicted octanol–water partition coefficient (Wildman–Crippen LogP) is 2.04. The van der Waals surface area contributed by atoms with Crippen LogP contribution in [0.25, 0.3) is 0 Å². The zero-order chi connectivity index (χ0) is 13.7. The monoisotopic (exact) mass is 258 g/mol. The maximum absolute atomic E-state index is 5.73. The summed E-state index contributed by atoms with van der Waals surface area (Å²) in [6, 6.07) is 9.72. The van der Waals surface area contributed by atoms with Crippen LogP contribution in [0.1, 0.15) is 13.8 Å². The fraction of sp³-hybridized carbons (Fsp3) is 0.308. The minimum Gasteiger partial charge on any atom is -0.368 e. The largest absolute Gasteiger partial charge is 0.368 e. The lowest BCUT2D eigenvalue weighted by Gasteiger charge is -2.19. The van der Waals surface area contributed by atoms with Crippen molar-refractivity contribution in [2.75, 3.05) is 29.0 Å². The molecule has 6 heteroatoms. The molecule has 2 aromatic rings. The second-order valence-corrected chi connectivity index (χ2v) is 3.98. The van der Waals surface area contributed by atoms with Crippen LogP contribution in [-0.4, -0.2) is 28.0 Å². The number of nitrogen functional groups attached to an aromatic ring is 1. The number of para-hydroxylation sites is 1. The number of rotatable bonds is 5. The number of aromatic nitrogens is 3. The molecular formula is C13H18N6. The molecule has 0 fully saturated rings. The molecule has 1 heterocycles. The number of nitrogens with zero attached hydrogens (tertiary/aromatic N) is 4. The average Bonchev–Trinajstić information content (AvgIpc) is 2.40. The molecule has 100 valence electrons. The van der Waals surface area contributed by atoms with Gasteiger partial charge in [0.25, 0.3) is 0 Å². The third-order valence-electron chi connectivity index (χ3n) is 2.72. The van der Waals surface area contributed by atoms with Crippen molar-refractivity contribution in [2.24, 2.45) is 0 Å². The van der Waals surface area contributed by atoms with Crippen LogP contribution in [0.3, 0.4) is 0 Å². The first-order chi connectivity index (χ1) is 9.22. The molecule has 1 aromatic carbocycles. The van der Waals surface area contributed by atoms with E-state index in [1.807, 2.05) is 49.1 Å². The Morgan fingerprint density at radius 3 is 2.37 bits per heavy atom. The number of nitrogens with one attached hydrogen (secondary N) is 1. The molecule has 0 saturated heterocycles. The molecule has 0 aliphatic heterocycles. The fourth-order valence-electron chi connectivity index (χ4n) is 1.74. The summed E-state index contributed by atoms with van der Waals surface area (Å²) in [7, 11) is 0. The zero-order valence-corrected chi connectivity index (χ0v) is 11.2. The summed E-state index contributed by atoms with van der Waals surface area (Å²) in [6.07, 6.45) is 0. The van der Waals surface area contributed by atoms with E-state index >= 15 is 0 Å². The minimum absolute atomic E-state index is 0.218. The highest BCUT2D eigenvalue weighted by Gasteiger charge is 2.09. The van der Waals surface area contributed by atoms with Crippen LogP contribution in [0, 0.1) is 0 Å². The van der Waals surface area contributed by atoms with Crippen molar-refractivity contribution >= 4 is 23.5 Å². The maximum atomic E-state index is 5.73. The van der Waals surface area contributed by atoms with Gasteiger partial charge in [-0.05, 0) is 26.0 Å². The molecule has 0 atom stereocenters. The van der Waals surface area contributed by atoms with Gasteiger partial charge in [0.1, 0.15) is 0 Å². The lowest BCUT2D eigenvalue weighted by molar-refractivity contribution is 0.816. The third-order valence-corrected chi connectivity index (χ3v) is 2.72. The van der Waals surface area contributed by atoms with Crippen molar-refractivity contribution in [1.82, 2.24) is 15.0 Å². The van der Waals surface area contributed by atoms with Crippen LogP contribution in [0.2, 0.25) is 0 Å². The molecule has 1 aromatic heterocycles. The molecule has 6 nitrogen and oxygen atoms in total. The van der Waals surface area contributed by atoms with Crippen LogP contribution < -0.4 is 16.0 Å². The Labute approximate surface area is 112 Å². The van der Waals surface area contributed by atoms with E-state index in [9.17, 15) is 0 Å². The quantitative estimate of drug-likeness (QED) is 0.854. The van der Waals surface area contributed by atoms with Gasteiger partial charge in [-0.15, -0.1) is 0 Å². The molecule has 0 saturated carbocycles. The molecular weight excluding hydrogens is 240 g/mol. The van der Waals surface area contributed by atoms with Gasteiger partial charge in [-0.25, -0.2) is 0 Å². The molecule has 0 bridgehead atoms. The summed E-state index contributed by atoms with van der Waals surface area (Å²) < 4.78 is 0. The van der Waals surface area contributed by atoms with Gasteiger partial charge in [0, 0.05) is 18.8 Å². The molecule has 0 radical (unpaired) electrons. The summed E-state index contributed by atoms with van der Waals surface area (Å²) in [5, 5.41) is 3.12. The summed E-state index contributed by atoms with van der Waals surface area (Å²) in [4.78, 5) is 14.7. The minimum atomic E-state index is 0.218. The number of hydrogen-bond donors (Lipinski definition) is 2. The van der Waals surface area contributed by atoms with E-state index in [4.69, 9.17) is 5.73 Å². The Morgan fingerprint density at radius 2 is 1.74 bits per heavy atom. The van der Waals surface area contributed by atoms with Gasteiger partial charge < -0.3 is 16.0 Å². The highest BCUT2D eigenvalue weighted by atomic mass is 15.3. The standard InChI is InChI=1S/C13H18N6/c1-3-19(4-2)13-17-11(14)16-12(18-13)15-10-8-6-5-7-9-10/h5-9H,3-4H2,1-2H3,(H3,14,15,16,17,18). The highest BCUT2D eigenvalue weighted by Crippen LogP contribution is 2.16. The van der Waals surface area contributed by atoms with Gasteiger partial charge in [-0.1, -0.05) is 18.2 Å². The fourth-order valence-corrected chi connectivity index (χ4v) is 1.74. The van der Waals surface area contributed by atoms with Crippen molar-refractivity contribution in [3.05, 3.63) is 30.3 Å². The zero-order valence-electron chi connectivity index (χ0n) is 11.2. The van der Waals surface area contributed by atoms with E-state index in [0.29, 0.717) is 11.9 Å². The Morgan fingerprint density at radius 1 is 1.05 bits per heavy atom. The first-order valence-corrected chi connectivity index (χ1v) is 6.31. The van der Waals surface area contributed by atoms with E-state index < -0.39 is 0 Å². The average molecular weight is 258 g/mol. The number of anilines is 4. The van der Waals surface area contributed by atoms with Crippen molar-refractivity contribution < 1.29 is 0 Å². The molecule has 0 unspecified atom stereocenters. The third kappa shape index (κ3) is 3.31. The van der Waals surface area contributed by atoms with Crippen LogP contribution in [0.4, 0.5) is 23.5 Å². The lowest BCUT2D eigenvalue weighted by Crippen LogP contribution is -2.25. The van der Waals surface area contributed by atoms with Crippen molar-refractivity contribution in [3.8, 4) is 0 Å². The molecule has 2 rings (SSSR count). The van der Waals surface area contributed by atoms with Crippen molar-refractivity contribution in [3.63, 3.8) is 0 Å². The topological polar surface area (TPSA) is 80.0 Å². The van der Waals surface area contributed by atoms with Gasteiger partial charge in [0.2, 0.25) is 17.8 Å². The van der Waals surface area contributed by atoms with Crippen molar-refractivity contribution in [2.45, 2.75) is 13.8 Å². The van der Waals surface area contributed by atoms with E-state index in [1.54, 1.807) is 0 Å². The lowest BCUT2D eigenvalue weighted by atomic mass is 10.3. The Hall–Kier alpha value is -2.37. The van der Waals surface area contributed by atoms with Crippen LogP contribution in [0.15, 0.2) is 30.3 Å². The maximum Gasteiger partial charge on any atom is 0.233 e. The van der Waals surface area contributed by atoms with Crippen LogP contribution >= 0.6 is 0 Å². The Bertz CT molecular complexity index is 524. The second-order valence-electron chi connectivity index (χ2n) is 3.98. The molecule has 0 amide bonds. The first-order valence-electron chi connectivity index (χ1n) is 6.31. The SMILES string of the molecule is CCN(CC)c1nc(N)nc(Nc2ccccc2)n1. The van der Waals surface area contributed by atoms with Crippen LogP contribution in [-0.2, 0) is 0 Å².